The molecule has 0 aliphatic carbocycles. The van der Waals surface area contributed by atoms with Crippen molar-refractivity contribution in [3.8, 4) is 6.07 Å². The van der Waals surface area contributed by atoms with Crippen molar-refractivity contribution in [2.24, 2.45) is 0 Å². The fourth-order valence-electron chi connectivity index (χ4n) is 2.43. The van der Waals surface area contributed by atoms with Crippen LogP contribution in [0, 0.1) is 24.1 Å². The van der Waals surface area contributed by atoms with Gasteiger partial charge in [-0.3, -0.25) is 4.98 Å². The first-order chi connectivity index (χ1) is 10.7. The Morgan fingerprint density at radius 2 is 2.13 bits per heavy atom. The molecule has 0 bridgehead atoms. The van der Waals surface area contributed by atoms with Crippen LogP contribution in [0.5, 0.6) is 0 Å². The molecule has 122 valence electrons. The van der Waals surface area contributed by atoms with Crippen molar-refractivity contribution in [3.05, 3.63) is 35.3 Å². The molecule has 0 aliphatic heterocycles. The Morgan fingerprint density at radius 3 is 2.74 bits per heavy atom. The number of fused-ring (bicyclic) bond motifs is 1. The molecule has 0 unspecified atom stereocenters. The van der Waals surface area contributed by atoms with Gasteiger partial charge in [0.05, 0.1) is 23.0 Å². The van der Waals surface area contributed by atoms with E-state index in [-0.39, 0.29) is 6.54 Å². The van der Waals surface area contributed by atoms with Gasteiger partial charge in [0.2, 0.25) is 10.0 Å². The largest absolute Gasteiger partial charge is 0.372 e. The molecule has 1 heterocycles. The van der Waals surface area contributed by atoms with E-state index in [2.05, 4.69) is 9.71 Å². The van der Waals surface area contributed by atoms with Crippen molar-refractivity contribution < 1.29 is 12.8 Å². The van der Waals surface area contributed by atoms with Crippen LogP contribution >= 0.6 is 0 Å². The fraction of sp³-hybridized carbons (Fsp3) is 0.333. The number of benzene rings is 1. The number of anilines is 1. The van der Waals surface area contributed by atoms with Crippen LogP contribution in [0.2, 0.25) is 0 Å². The second kappa shape index (κ2) is 6.48. The van der Waals surface area contributed by atoms with Crippen molar-refractivity contribution in [2.75, 3.05) is 31.3 Å². The monoisotopic (exact) mass is 336 g/mol. The molecule has 8 heteroatoms. The zero-order valence-corrected chi connectivity index (χ0v) is 13.9. The molecule has 1 aromatic carbocycles. The summed E-state index contributed by atoms with van der Waals surface area (Å²) in [5, 5.41) is 9.83. The van der Waals surface area contributed by atoms with Crippen molar-refractivity contribution in [1.29, 1.82) is 5.26 Å². The Kier molecular flexibility index (Phi) is 4.82. The van der Waals surface area contributed by atoms with Gasteiger partial charge in [-0.05, 0) is 24.6 Å². The first-order valence-electron chi connectivity index (χ1n) is 6.87. The van der Waals surface area contributed by atoms with Crippen LogP contribution in [0.1, 0.15) is 11.1 Å². The minimum Gasteiger partial charge on any atom is -0.372 e. The molecule has 0 spiro atoms. The van der Waals surface area contributed by atoms with Gasteiger partial charge in [0.25, 0.3) is 0 Å². The van der Waals surface area contributed by atoms with E-state index < -0.39 is 15.8 Å². The molecule has 0 radical (unpaired) electrons. The minimum atomic E-state index is -3.29. The number of sulfonamides is 1. The van der Waals surface area contributed by atoms with Gasteiger partial charge < -0.3 is 4.90 Å². The molecule has 2 rings (SSSR count). The first-order valence-corrected chi connectivity index (χ1v) is 8.77. The van der Waals surface area contributed by atoms with E-state index in [1.807, 2.05) is 6.07 Å². The van der Waals surface area contributed by atoms with Gasteiger partial charge in [-0.15, -0.1) is 0 Å². The van der Waals surface area contributed by atoms with Gasteiger partial charge in [0.15, 0.2) is 0 Å². The van der Waals surface area contributed by atoms with Gasteiger partial charge in [0.1, 0.15) is 11.9 Å². The number of rotatable bonds is 5. The number of nitrogens with one attached hydrogen (secondary N) is 1. The van der Waals surface area contributed by atoms with Gasteiger partial charge >= 0.3 is 0 Å². The molecule has 23 heavy (non-hydrogen) atoms. The van der Waals surface area contributed by atoms with E-state index >= 15 is 0 Å². The normalized spacial score (nSPS) is 11.4. The maximum absolute atomic E-state index is 13.8. The number of aromatic nitrogens is 1. The predicted octanol–water partition coefficient (Wildman–Crippen LogP) is 1.54. The molecule has 0 fully saturated rings. The molecule has 6 nitrogen and oxygen atoms in total. The summed E-state index contributed by atoms with van der Waals surface area (Å²) in [6.07, 6.45) is 2.53. The fourth-order valence-corrected chi connectivity index (χ4v) is 2.89. The number of nitriles is 1. The lowest BCUT2D eigenvalue weighted by Crippen LogP contribution is -2.32. The molecular formula is C15H17FN4O2S. The smallest absolute Gasteiger partial charge is 0.208 e. The third kappa shape index (κ3) is 3.94. The zero-order valence-electron chi connectivity index (χ0n) is 13.1. The summed E-state index contributed by atoms with van der Waals surface area (Å²) < 4.78 is 38.4. The second-order valence-corrected chi connectivity index (χ2v) is 7.17. The lowest BCUT2D eigenvalue weighted by atomic mass is 10.1. The van der Waals surface area contributed by atoms with Crippen LogP contribution in [0.15, 0.2) is 18.3 Å². The highest BCUT2D eigenvalue weighted by Crippen LogP contribution is 2.30. The molecular weight excluding hydrogens is 319 g/mol. The van der Waals surface area contributed by atoms with Crippen LogP contribution in [-0.2, 0) is 10.0 Å². The van der Waals surface area contributed by atoms with Crippen LogP contribution < -0.4 is 9.62 Å². The van der Waals surface area contributed by atoms with E-state index in [0.29, 0.717) is 34.3 Å². The number of aryl methyl sites for hydroxylation is 1. The maximum Gasteiger partial charge on any atom is 0.208 e. The molecule has 1 N–H and O–H groups in total. The third-order valence-corrected chi connectivity index (χ3v) is 4.14. The van der Waals surface area contributed by atoms with E-state index in [9.17, 15) is 18.1 Å². The Morgan fingerprint density at radius 1 is 1.43 bits per heavy atom. The molecule has 1 aromatic heterocycles. The molecule has 2 aromatic rings. The van der Waals surface area contributed by atoms with Gasteiger partial charge in [0, 0.05) is 31.7 Å². The van der Waals surface area contributed by atoms with Crippen LogP contribution in [0.4, 0.5) is 10.1 Å². The van der Waals surface area contributed by atoms with Gasteiger partial charge in [-0.25, -0.2) is 17.5 Å². The lowest BCUT2D eigenvalue weighted by Gasteiger charge is -2.22. The maximum atomic E-state index is 13.8. The van der Waals surface area contributed by atoms with E-state index in [4.69, 9.17) is 0 Å². The predicted molar refractivity (Wildman–Crippen MR) is 87.3 cm³/mol. The van der Waals surface area contributed by atoms with E-state index in [1.54, 1.807) is 18.9 Å². The van der Waals surface area contributed by atoms with Crippen molar-refractivity contribution in [1.82, 2.24) is 9.71 Å². The van der Waals surface area contributed by atoms with Crippen LogP contribution in [-0.4, -0.2) is 39.8 Å². The summed E-state index contributed by atoms with van der Waals surface area (Å²) in [4.78, 5) is 5.95. The summed E-state index contributed by atoms with van der Waals surface area (Å²) in [7, 11) is -1.57. The summed E-state index contributed by atoms with van der Waals surface area (Å²) >= 11 is 0. The van der Waals surface area contributed by atoms with Crippen LogP contribution in [0.25, 0.3) is 10.9 Å². The molecule has 0 amide bonds. The summed E-state index contributed by atoms with van der Waals surface area (Å²) in [5.41, 5.74) is 2.14. The molecule has 0 aliphatic rings. The number of nitrogens with zero attached hydrogens (tertiary/aromatic N) is 3. The topological polar surface area (TPSA) is 86.1 Å². The minimum absolute atomic E-state index is 0.179. The number of pyridine rings is 1. The highest BCUT2D eigenvalue weighted by molar-refractivity contribution is 7.88. The molecule has 0 saturated heterocycles. The number of hydrogen-bond donors (Lipinski definition) is 1. The van der Waals surface area contributed by atoms with Crippen molar-refractivity contribution in [3.63, 3.8) is 0 Å². The average molecular weight is 336 g/mol. The number of hydrogen-bond acceptors (Lipinski definition) is 5. The quantitative estimate of drug-likeness (QED) is 0.895. The van der Waals surface area contributed by atoms with E-state index in [0.717, 1.165) is 6.26 Å². The van der Waals surface area contributed by atoms with Crippen molar-refractivity contribution >= 4 is 26.6 Å². The Labute approximate surface area is 134 Å². The zero-order chi connectivity index (χ0) is 17.2. The molecule has 0 atom stereocenters. The standard InChI is InChI=1S/C15H17FN4O2S/c1-10-6-12(16)7-13-14(10)18-9-11(8-17)15(13)20(2)5-4-19-23(3,21)22/h6-7,9,19H,4-5H2,1-3H3. The third-order valence-electron chi connectivity index (χ3n) is 3.41. The summed E-state index contributed by atoms with van der Waals surface area (Å²) in [5.74, 6) is -0.407. The average Bonchev–Trinajstić information content (AvgIpc) is 2.44. The highest BCUT2D eigenvalue weighted by atomic mass is 32.2. The lowest BCUT2D eigenvalue weighted by molar-refractivity contribution is 0.588. The highest BCUT2D eigenvalue weighted by Gasteiger charge is 2.15. The van der Waals surface area contributed by atoms with Gasteiger partial charge in [-0.1, -0.05) is 0 Å². The Balaban J connectivity index is 2.47. The Hall–Kier alpha value is -2.24. The van der Waals surface area contributed by atoms with Crippen LogP contribution in [0.3, 0.4) is 0 Å². The molecule has 0 saturated carbocycles. The van der Waals surface area contributed by atoms with Crippen molar-refractivity contribution in [2.45, 2.75) is 6.92 Å². The number of halogens is 1. The SMILES string of the molecule is Cc1cc(F)cc2c(N(C)CCNS(C)(=O)=O)c(C#N)cnc12. The van der Waals surface area contributed by atoms with E-state index in [1.165, 1.54) is 18.3 Å². The Bertz CT molecular complexity index is 890. The summed E-state index contributed by atoms with van der Waals surface area (Å²) in [6, 6.07) is 4.77. The first kappa shape index (κ1) is 17.1. The second-order valence-electron chi connectivity index (χ2n) is 5.34. The number of likely N-dealkylation sites (N-methyl/N-ethyl adjacent to an activating group) is 1. The summed E-state index contributed by atoms with van der Waals surface area (Å²) in [6.45, 7) is 2.26. The van der Waals surface area contributed by atoms with Gasteiger partial charge in [-0.2, -0.15) is 5.26 Å².